The molecule has 19 heavy (non-hydrogen) atoms. The maximum Gasteiger partial charge on any atom is 0.224 e. The van der Waals surface area contributed by atoms with E-state index in [-0.39, 0.29) is 11.5 Å². The van der Waals surface area contributed by atoms with Gasteiger partial charge >= 0.3 is 0 Å². The lowest BCUT2D eigenvalue weighted by Gasteiger charge is -2.20. The van der Waals surface area contributed by atoms with Crippen molar-refractivity contribution in [2.45, 2.75) is 18.9 Å². The lowest BCUT2D eigenvalue weighted by atomic mass is 9.96. The molecule has 1 aromatic heterocycles. The van der Waals surface area contributed by atoms with Crippen LogP contribution in [0.5, 0.6) is 0 Å². The largest absolute Gasteiger partial charge is 0.384 e. The molecular formula is C14H12FNO2S. The van der Waals surface area contributed by atoms with Crippen molar-refractivity contribution in [3.05, 3.63) is 51.5 Å². The number of nitrogens with one attached hydrogen (secondary N) is 1. The Balaban J connectivity index is 2.01. The van der Waals surface area contributed by atoms with E-state index >= 15 is 0 Å². The topological polar surface area (TPSA) is 49.3 Å². The van der Waals surface area contributed by atoms with Gasteiger partial charge in [-0.3, -0.25) is 4.79 Å². The number of rotatable bonds is 2. The molecule has 5 heteroatoms. The predicted octanol–water partition coefficient (Wildman–Crippen LogP) is 2.85. The van der Waals surface area contributed by atoms with Crippen LogP contribution >= 0.6 is 11.3 Å². The van der Waals surface area contributed by atoms with Crippen LogP contribution in [0.4, 0.5) is 10.1 Å². The number of carbonyl (C=O) groups excluding carboxylic acids is 1. The average Bonchev–Trinajstić information content (AvgIpc) is 2.91. The van der Waals surface area contributed by atoms with Gasteiger partial charge in [0.25, 0.3) is 0 Å². The minimum atomic E-state index is -0.964. The predicted molar refractivity (Wildman–Crippen MR) is 71.7 cm³/mol. The van der Waals surface area contributed by atoms with Gasteiger partial charge in [0.1, 0.15) is 11.9 Å². The first-order valence-corrected chi connectivity index (χ1v) is 6.92. The van der Waals surface area contributed by atoms with Crippen molar-refractivity contribution in [2.24, 2.45) is 0 Å². The number of thiophene rings is 1. The van der Waals surface area contributed by atoms with E-state index in [0.717, 1.165) is 5.56 Å². The zero-order valence-electron chi connectivity index (χ0n) is 10.0. The summed E-state index contributed by atoms with van der Waals surface area (Å²) in [5.41, 5.74) is 2.32. The summed E-state index contributed by atoms with van der Waals surface area (Å²) >= 11 is 1.46. The maximum absolute atomic E-state index is 14.0. The van der Waals surface area contributed by atoms with E-state index in [1.807, 2.05) is 5.38 Å². The molecule has 2 N–H and O–H groups in total. The van der Waals surface area contributed by atoms with Gasteiger partial charge in [0, 0.05) is 17.7 Å². The summed E-state index contributed by atoms with van der Waals surface area (Å²) in [6.45, 7) is 0. The van der Waals surface area contributed by atoms with Gasteiger partial charge in [-0.2, -0.15) is 11.3 Å². The summed E-state index contributed by atoms with van der Waals surface area (Å²) in [6, 6.07) is 4.71. The summed E-state index contributed by atoms with van der Waals surface area (Å²) in [6.07, 6.45) is 0.00594. The second kappa shape index (κ2) is 4.75. The van der Waals surface area contributed by atoms with Crippen LogP contribution in [0.1, 0.15) is 29.2 Å². The number of hydrogen-bond acceptors (Lipinski definition) is 3. The Morgan fingerprint density at radius 1 is 1.37 bits per heavy atom. The number of carbonyl (C=O) groups is 1. The molecule has 0 radical (unpaired) electrons. The highest BCUT2D eigenvalue weighted by atomic mass is 32.1. The number of aliphatic hydroxyl groups excluding tert-OH is 1. The number of aliphatic hydroxyl groups is 1. The molecule has 1 aromatic carbocycles. The number of amides is 1. The summed E-state index contributed by atoms with van der Waals surface area (Å²) in [5, 5.41) is 16.5. The maximum atomic E-state index is 14.0. The van der Waals surface area contributed by atoms with Crippen LogP contribution in [-0.4, -0.2) is 11.0 Å². The molecule has 0 spiro atoms. The molecule has 1 atom stereocenters. The second-order valence-corrected chi connectivity index (χ2v) is 5.32. The van der Waals surface area contributed by atoms with Crippen LogP contribution < -0.4 is 5.32 Å². The van der Waals surface area contributed by atoms with Gasteiger partial charge in [0.2, 0.25) is 5.91 Å². The van der Waals surface area contributed by atoms with E-state index in [9.17, 15) is 14.3 Å². The molecule has 3 nitrogen and oxygen atoms in total. The van der Waals surface area contributed by atoms with E-state index < -0.39 is 11.9 Å². The molecule has 98 valence electrons. The Morgan fingerprint density at radius 2 is 2.21 bits per heavy atom. The number of benzene rings is 1. The fraction of sp³-hybridized carbons (Fsp3) is 0.214. The first-order valence-electron chi connectivity index (χ1n) is 5.97. The Hall–Kier alpha value is -1.72. The lowest BCUT2D eigenvalue weighted by molar-refractivity contribution is -0.116. The van der Waals surface area contributed by atoms with E-state index in [1.165, 1.54) is 17.4 Å². The Kier molecular flexibility index (Phi) is 3.08. The third kappa shape index (κ3) is 2.27. The minimum absolute atomic E-state index is 0.0990. The van der Waals surface area contributed by atoms with Crippen molar-refractivity contribution in [3.8, 4) is 0 Å². The number of anilines is 1. The monoisotopic (exact) mass is 277 g/mol. The van der Waals surface area contributed by atoms with Crippen molar-refractivity contribution in [1.29, 1.82) is 0 Å². The smallest absolute Gasteiger partial charge is 0.224 e. The number of halogens is 1. The normalized spacial score (nSPS) is 15.8. The molecule has 0 aliphatic carbocycles. The van der Waals surface area contributed by atoms with E-state index in [4.69, 9.17) is 0 Å². The summed E-state index contributed by atoms with van der Waals surface area (Å²) < 4.78 is 14.0. The molecule has 3 rings (SSSR count). The summed E-state index contributed by atoms with van der Waals surface area (Å²) in [7, 11) is 0. The fourth-order valence-electron chi connectivity index (χ4n) is 2.24. The molecule has 0 bridgehead atoms. The van der Waals surface area contributed by atoms with Gasteiger partial charge in [0.05, 0.1) is 0 Å². The molecule has 0 fully saturated rings. The van der Waals surface area contributed by atoms with Crippen LogP contribution in [-0.2, 0) is 11.2 Å². The van der Waals surface area contributed by atoms with Gasteiger partial charge in [-0.15, -0.1) is 0 Å². The number of fused-ring (bicyclic) bond motifs is 1. The highest BCUT2D eigenvalue weighted by Crippen LogP contribution is 2.32. The van der Waals surface area contributed by atoms with Crippen LogP contribution in [0, 0.1) is 5.82 Å². The summed E-state index contributed by atoms with van der Waals surface area (Å²) in [4.78, 5) is 11.3. The summed E-state index contributed by atoms with van der Waals surface area (Å²) in [5.74, 6) is -0.599. The Labute approximate surface area is 113 Å². The van der Waals surface area contributed by atoms with E-state index in [2.05, 4.69) is 5.32 Å². The van der Waals surface area contributed by atoms with Crippen LogP contribution in [0.3, 0.4) is 0 Å². The average molecular weight is 277 g/mol. The van der Waals surface area contributed by atoms with Crippen molar-refractivity contribution in [3.63, 3.8) is 0 Å². The third-order valence-electron chi connectivity index (χ3n) is 3.27. The van der Waals surface area contributed by atoms with Crippen LogP contribution in [0.15, 0.2) is 29.0 Å². The Bertz CT molecular complexity index is 625. The van der Waals surface area contributed by atoms with Gasteiger partial charge < -0.3 is 10.4 Å². The van der Waals surface area contributed by atoms with Crippen LogP contribution in [0.2, 0.25) is 0 Å². The molecule has 1 amide bonds. The highest BCUT2D eigenvalue weighted by molar-refractivity contribution is 7.07. The molecule has 0 saturated heterocycles. The fourth-order valence-corrected chi connectivity index (χ4v) is 2.92. The zero-order chi connectivity index (χ0) is 13.4. The first-order chi connectivity index (χ1) is 9.15. The number of aryl methyl sites for hydroxylation is 1. The zero-order valence-corrected chi connectivity index (χ0v) is 10.8. The van der Waals surface area contributed by atoms with E-state index in [1.54, 1.807) is 17.5 Å². The standard InChI is InChI=1S/C14H12FNO2S/c15-11-6-12-8(1-2-13(17)16-12)5-10(11)14(18)9-3-4-19-7-9/h3-7,14,18H,1-2H2,(H,16,17). The quantitative estimate of drug-likeness (QED) is 0.886. The lowest BCUT2D eigenvalue weighted by Crippen LogP contribution is -2.20. The van der Waals surface area contributed by atoms with Crippen molar-refractivity contribution >= 4 is 22.9 Å². The van der Waals surface area contributed by atoms with Gasteiger partial charge in [-0.1, -0.05) is 0 Å². The minimum Gasteiger partial charge on any atom is -0.384 e. The van der Waals surface area contributed by atoms with Crippen molar-refractivity contribution < 1.29 is 14.3 Å². The number of hydrogen-bond donors (Lipinski definition) is 2. The Morgan fingerprint density at radius 3 is 2.95 bits per heavy atom. The highest BCUT2D eigenvalue weighted by Gasteiger charge is 2.21. The van der Waals surface area contributed by atoms with Gasteiger partial charge in [0.15, 0.2) is 0 Å². The molecule has 2 heterocycles. The molecule has 1 aliphatic heterocycles. The van der Waals surface area contributed by atoms with Crippen LogP contribution in [0.25, 0.3) is 0 Å². The van der Waals surface area contributed by atoms with Crippen molar-refractivity contribution in [2.75, 3.05) is 5.32 Å². The molecule has 1 unspecified atom stereocenters. The van der Waals surface area contributed by atoms with Crippen molar-refractivity contribution in [1.82, 2.24) is 0 Å². The molecule has 0 saturated carbocycles. The van der Waals surface area contributed by atoms with E-state index in [0.29, 0.717) is 24.1 Å². The van der Waals surface area contributed by atoms with Gasteiger partial charge in [-0.25, -0.2) is 4.39 Å². The van der Waals surface area contributed by atoms with Gasteiger partial charge in [-0.05, 0) is 46.5 Å². The molecular weight excluding hydrogens is 265 g/mol. The second-order valence-electron chi connectivity index (χ2n) is 4.54. The third-order valence-corrected chi connectivity index (χ3v) is 3.97. The first kappa shape index (κ1) is 12.3. The molecule has 2 aromatic rings. The molecule has 1 aliphatic rings. The SMILES string of the molecule is O=C1CCc2cc(C(O)c3ccsc3)c(F)cc2N1.